The molecule has 15 heavy (non-hydrogen) atoms. The average molecular weight is 217 g/mol. The summed E-state index contributed by atoms with van der Waals surface area (Å²) >= 11 is 0. The van der Waals surface area contributed by atoms with Crippen molar-refractivity contribution in [1.29, 1.82) is 0 Å². The Labute approximate surface area is 84.9 Å². The molecule has 1 saturated heterocycles. The maximum atomic E-state index is 11.2. The van der Waals surface area contributed by atoms with Crippen molar-refractivity contribution in [2.75, 3.05) is 6.54 Å². The van der Waals surface area contributed by atoms with E-state index in [2.05, 4.69) is 0 Å². The number of amides is 1. The van der Waals surface area contributed by atoms with Crippen LogP contribution in [0.25, 0.3) is 0 Å². The molecule has 2 atom stereocenters. The lowest BCUT2D eigenvalue weighted by atomic mass is 10.2. The Balaban J connectivity index is 2.76. The quantitative estimate of drug-likeness (QED) is 0.528. The van der Waals surface area contributed by atoms with Crippen LogP contribution in [0.3, 0.4) is 0 Å². The highest BCUT2D eigenvalue weighted by atomic mass is 16.4. The van der Waals surface area contributed by atoms with Crippen LogP contribution in [0, 0.1) is 0 Å². The number of carbonyl (C=O) groups is 3. The number of carboxylic acids is 2. The highest BCUT2D eigenvalue weighted by Crippen LogP contribution is 2.16. The SMILES string of the molecule is O=C(O)CC(C(=O)O)N1CC(O)CC1=O. The third-order valence-corrected chi connectivity index (χ3v) is 2.17. The van der Waals surface area contributed by atoms with Gasteiger partial charge in [-0.3, -0.25) is 9.59 Å². The second-order valence-electron chi connectivity index (χ2n) is 3.36. The van der Waals surface area contributed by atoms with Crippen molar-refractivity contribution in [2.45, 2.75) is 25.0 Å². The van der Waals surface area contributed by atoms with Crippen molar-refractivity contribution in [3.05, 3.63) is 0 Å². The summed E-state index contributed by atoms with van der Waals surface area (Å²) < 4.78 is 0. The molecule has 3 N–H and O–H groups in total. The van der Waals surface area contributed by atoms with Crippen LogP contribution >= 0.6 is 0 Å². The second-order valence-corrected chi connectivity index (χ2v) is 3.36. The molecule has 1 amide bonds. The van der Waals surface area contributed by atoms with Gasteiger partial charge >= 0.3 is 11.9 Å². The fourth-order valence-corrected chi connectivity index (χ4v) is 1.51. The molecule has 0 saturated carbocycles. The molecule has 0 aromatic carbocycles. The lowest BCUT2D eigenvalue weighted by Crippen LogP contribution is -2.43. The van der Waals surface area contributed by atoms with E-state index < -0.39 is 36.4 Å². The van der Waals surface area contributed by atoms with Gasteiger partial charge in [-0.25, -0.2) is 4.79 Å². The number of hydrogen-bond acceptors (Lipinski definition) is 4. The summed E-state index contributed by atoms with van der Waals surface area (Å²) in [4.78, 5) is 33.2. The van der Waals surface area contributed by atoms with E-state index in [0.29, 0.717) is 0 Å². The van der Waals surface area contributed by atoms with Crippen molar-refractivity contribution >= 4 is 17.8 Å². The minimum atomic E-state index is -1.40. The molecule has 0 spiro atoms. The van der Waals surface area contributed by atoms with E-state index in [-0.39, 0.29) is 13.0 Å². The molecule has 0 radical (unpaired) electrons. The Bertz CT molecular complexity index is 302. The zero-order chi connectivity index (χ0) is 11.6. The number of β-amino-alcohol motifs (C(OH)–C–C–N with tert-alkyl or cyclic N) is 1. The number of likely N-dealkylation sites (tertiary alicyclic amines) is 1. The van der Waals surface area contributed by atoms with E-state index >= 15 is 0 Å². The van der Waals surface area contributed by atoms with E-state index in [1.54, 1.807) is 0 Å². The van der Waals surface area contributed by atoms with E-state index in [9.17, 15) is 14.4 Å². The molecule has 2 unspecified atom stereocenters. The predicted molar refractivity (Wildman–Crippen MR) is 46.0 cm³/mol. The van der Waals surface area contributed by atoms with E-state index in [0.717, 1.165) is 4.90 Å². The lowest BCUT2D eigenvalue weighted by Gasteiger charge is -2.22. The van der Waals surface area contributed by atoms with Gasteiger partial charge in [-0.15, -0.1) is 0 Å². The third-order valence-electron chi connectivity index (χ3n) is 2.17. The molecule has 0 bridgehead atoms. The molecular formula is C8H11NO6. The van der Waals surface area contributed by atoms with Gasteiger partial charge in [0, 0.05) is 6.54 Å². The highest BCUT2D eigenvalue weighted by Gasteiger charge is 2.37. The normalized spacial score (nSPS) is 22.9. The first-order valence-electron chi connectivity index (χ1n) is 4.34. The first-order chi connectivity index (χ1) is 6.91. The Hall–Kier alpha value is -1.63. The van der Waals surface area contributed by atoms with Crippen molar-refractivity contribution in [3.8, 4) is 0 Å². The van der Waals surface area contributed by atoms with Crippen LogP contribution < -0.4 is 0 Å². The molecule has 1 fully saturated rings. The molecule has 0 aliphatic carbocycles. The van der Waals surface area contributed by atoms with Crippen molar-refractivity contribution in [3.63, 3.8) is 0 Å². The fourth-order valence-electron chi connectivity index (χ4n) is 1.51. The molecule has 0 aromatic rings. The minimum absolute atomic E-state index is 0.122. The molecule has 7 heteroatoms. The monoisotopic (exact) mass is 217 g/mol. The zero-order valence-corrected chi connectivity index (χ0v) is 7.79. The Morgan fingerprint density at radius 2 is 2.07 bits per heavy atom. The minimum Gasteiger partial charge on any atom is -0.481 e. The Morgan fingerprint density at radius 1 is 1.47 bits per heavy atom. The summed E-state index contributed by atoms with van der Waals surface area (Å²) in [5.41, 5.74) is 0. The smallest absolute Gasteiger partial charge is 0.327 e. The summed E-state index contributed by atoms with van der Waals surface area (Å²) in [5, 5.41) is 26.4. The van der Waals surface area contributed by atoms with Gasteiger partial charge < -0.3 is 20.2 Å². The van der Waals surface area contributed by atoms with Gasteiger partial charge in [0.25, 0.3) is 0 Å². The maximum Gasteiger partial charge on any atom is 0.327 e. The number of rotatable bonds is 4. The van der Waals surface area contributed by atoms with Crippen molar-refractivity contribution in [1.82, 2.24) is 4.90 Å². The van der Waals surface area contributed by atoms with Gasteiger partial charge in [0.2, 0.25) is 5.91 Å². The molecule has 0 aromatic heterocycles. The van der Waals surface area contributed by atoms with Crippen LogP contribution in [0.5, 0.6) is 0 Å². The molecule has 1 rings (SSSR count). The Morgan fingerprint density at radius 3 is 2.40 bits per heavy atom. The summed E-state index contributed by atoms with van der Waals surface area (Å²) in [6.45, 7) is -0.122. The van der Waals surface area contributed by atoms with Crippen molar-refractivity contribution < 1.29 is 29.7 Å². The lowest BCUT2D eigenvalue weighted by molar-refractivity contribution is -0.153. The molecule has 1 heterocycles. The van der Waals surface area contributed by atoms with E-state index in [1.807, 2.05) is 0 Å². The number of hydrogen-bond donors (Lipinski definition) is 3. The molecular weight excluding hydrogens is 206 g/mol. The average Bonchev–Trinajstić information content (AvgIpc) is 2.40. The first kappa shape index (κ1) is 11.4. The number of carboxylic acid groups (broad SMARTS) is 2. The first-order valence-corrected chi connectivity index (χ1v) is 4.34. The Kier molecular flexibility index (Phi) is 3.25. The summed E-state index contributed by atoms with van der Waals surface area (Å²) in [5.74, 6) is -3.20. The standard InChI is InChI=1S/C8H11NO6/c10-4-1-6(11)9(3-4)5(8(14)15)2-7(12)13/h4-5,10H,1-3H2,(H,12,13)(H,14,15). The topological polar surface area (TPSA) is 115 Å². The van der Waals surface area contributed by atoms with Crippen LogP contribution in [0.4, 0.5) is 0 Å². The maximum absolute atomic E-state index is 11.2. The van der Waals surface area contributed by atoms with Crippen LogP contribution in [0.15, 0.2) is 0 Å². The zero-order valence-electron chi connectivity index (χ0n) is 7.79. The number of nitrogens with zero attached hydrogens (tertiary/aromatic N) is 1. The van der Waals surface area contributed by atoms with Crippen LogP contribution in [-0.2, 0) is 14.4 Å². The molecule has 1 aliphatic heterocycles. The summed E-state index contributed by atoms with van der Waals surface area (Å²) in [6, 6.07) is -1.40. The molecule has 7 nitrogen and oxygen atoms in total. The number of carbonyl (C=O) groups excluding carboxylic acids is 1. The van der Waals surface area contributed by atoms with Crippen LogP contribution in [-0.4, -0.2) is 56.8 Å². The van der Waals surface area contributed by atoms with Crippen molar-refractivity contribution in [2.24, 2.45) is 0 Å². The van der Waals surface area contributed by atoms with E-state index in [1.165, 1.54) is 0 Å². The van der Waals surface area contributed by atoms with Crippen LogP contribution in [0.1, 0.15) is 12.8 Å². The molecule has 84 valence electrons. The van der Waals surface area contributed by atoms with E-state index in [4.69, 9.17) is 15.3 Å². The number of aliphatic hydroxyl groups excluding tert-OH is 1. The fraction of sp³-hybridized carbons (Fsp3) is 0.625. The summed E-state index contributed by atoms with van der Waals surface area (Å²) in [7, 11) is 0. The number of aliphatic hydroxyl groups is 1. The van der Waals surface area contributed by atoms with Gasteiger partial charge in [-0.05, 0) is 0 Å². The largest absolute Gasteiger partial charge is 0.481 e. The second kappa shape index (κ2) is 4.26. The van der Waals surface area contributed by atoms with Gasteiger partial charge in [0.1, 0.15) is 6.04 Å². The van der Waals surface area contributed by atoms with Gasteiger partial charge in [-0.2, -0.15) is 0 Å². The third kappa shape index (κ3) is 2.66. The number of aliphatic carboxylic acids is 2. The van der Waals surface area contributed by atoms with Crippen LogP contribution in [0.2, 0.25) is 0 Å². The highest BCUT2D eigenvalue weighted by molar-refractivity contribution is 5.88. The molecule has 1 aliphatic rings. The summed E-state index contributed by atoms with van der Waals surface area (Å²) in [6.07, 6.45) is -1.72. The van der Waals surface area contributed by atoms with Gasteiger partial charge in [0.15, 0.2) is 0 Å². The van der Waals surface area contributed by atoms with Gasteiger partial charge in [0.05, 0.1) is 18.9 Å². The predicted octanol–water partition coefficient (Wildman–Crippen LogP) is -1.49. The van der Waals surface area contributed by atoms with Gasteiger partial charge in [-0.1, -0.05) is 0 Å².